The van der Waals surface area contributed by atoms with Crippen molar-refractivity contribution >= 4 is 23.2 Å². The first-order chi connectivity index (χ1) is 9.05. The molecular formula is C17H25Cl2N. The van der Waals surface area contributed by atoms with Crippen molar-refractivity contribution in [2.24, 2.45) is 5.41 Å². The second kappa shape index (κ2) is 5.19. The fraction of sp³-hybridized carbons (Fsp3) is 0.647. The van der Waals surface area contributed by atoms with E-state index in [4.69, 9.17) is 23.2 Å². The summed E-state index contributed by atoms with van der Waals surface area (Å²) in [5, 5.41) is 5.23. The Kier molecular flexibility index (Phi) is 4.19. The van der Waals surface area contributed by atoms with E-state index >= 15 is 0 Å². The maximum atomic E-state index is 6.46. The summed E-state index contributed by atoms with van der Waals surface area (Å²) in [6.45, 7) is 12.1. The molecule has 1 N–H and O–H groups in total. The van der Waals surface area contributed by atoms with E-state index in [2.05, 4.69) is 39.9 Å². The molecule has 20 heavy (non-hydrogen) atoms. The van der Waals surface area contributed by atoms with Crippen molar-refractivity contribution in [1.82, 2.24) is 5.32 Å². The summed E-state index contributed by atoms with van der Waals surface area (Å²) in [5.74, 6) is 0. The van der Waals surface area contributed by atoms with Crippen molar-refractivity contribution in [1.29, 1.82) is 0 Å². The van der Waals surface area contributed by atoms with E-state index in [1.807, 2.05) is 18.2 Å². The van der Waals surface area contributed by atoms with Gasteiger partial charge < -0.3 is 5.32 Å². The minimum atomic E-state index is 0.0617. The van der Waals surface area contributed by atoms with Crippen LogP contribution in [0, 0.1) is 5.41 Å². The molecule has 1 aliphatic rings. The Labute approximate surface area is 133 Å². The molecule has 0 bridgehead atoms. The highest BCUT2D eigenvalue weighted by atomic mass is 35.5. The van der Waals surface area contributed by atoms with Crippen molar-refractivity contribution in [2.75, 3.05) is 6.54 Å². The number of benzene rings is 1. The van der Waals surface area contributed by atoms with E-state index in [0.29, 0.717) is 5.41 Å². The molecule has 0 aromatic heterocycles. The molecule has 1 saturated carbocycles. The molecule has 1 nitrogen and oxygen atoms in total. The largest absolute Gasteiger partial charge is 0.311 e. The highest BCUT2D eigenvalue weighted by molar-refractivity contribution is 6.36. The van der Waals surface area contributed by atoms with Gasteiger partial charge in [-0.3, -0.25) is 0 Å². The zero-order valence-electron chi connectivity index (χ0n) is 13.1. The minimum absolute atomic E-state index is 0.0617. The summed E-state index contributed by atoms with van der Waals surface area (Å²) in [4.78, 5) is 0. The van der Waals surface area contributed by atoms with Gasteiger partial charge in [0.25, 0.3) is 0 Å². The van der Waals surface area contributed by atoms with Crippen LogP contribution in [0.2, 0.25) is 10.0 Å². The quantitative estimate of drug-likeness (QED) is 0.783. The van der Waals surface area contributed by atoms with Crippen LogP contribution in [0.4, 0.5) is 0 Å². The molecule has 1 aromatic carbocycles. The number of hydrogen-bond donors (Lipinski definition) is 1. The second-order valence-corrected chi connectivity index (χ2v) is 8.81. The molecule has 2 rings (SSSR count). The fourth-order valence-corrected chi connectivity index (χ4v) is 4.41. The number of halogens is 2. The first-order valence-corrected chi connectivity index (χ1v) is 8.00. The molecule has 0 radical (unpaired) electrons. The number of hydrogen-bond acceptors (Lipinski definition) is 1. The van der Waals surface area contributed by atoms with Gasteiger partial charge in [-0.15, -0.1) is 0 Å². The van der Waals surface area contributed by atoms with Crippen LogP contribution in [-0.4, -0.2) is 12.1 Å². The Bertz CT molecular complexity index is 472. The van der Waals surface area contributed by atoms with Gasteiger partial charge >= 0.3 is 0 Å². The predicted octanol–water partition coefficient (Wildman–Crippen LogP) is 5.44. The molecule has 0 amide bonds. The Balaban J connectivity index is 2.34. The molecule has 0 heterocycles. The maximum Gasteiger partial charge on any atom is 0.0459 e. The van der Waals surface area contributed by atoms with Crippen LogP contribution in [0.5, 0.6) is 0 Å². The van der Waals surface area contributed by atoms with E-state index in [9.17, 15) is 0 Å². The standard InChI is InChI=1S/C17H25Cl2N/c1-15(2,3)20-11-17(9-16(4,5)10-17)14-12(18)7-6-8-13(14)19/h6-8,20H,9-11H2,1-5H3. The van der Waals surface area contributed by atoms with E-state index in [1.165, 1.54) is 0 Å². The van der Waals surface area contributed by atoms with Crippen LogP contribution in [0.3, 0.4) is 0 Å². The lowest BCUT2D eigenvalue weighted by Gasteiger charge is -2.55. The number of rotatable bonds is 3. The van der Waals surface area contributed by atoms with Gasteiger partial charge in [-0.2, -0.15) is 0 Å². The molecule has 1 fully saturated rings. The summed E-state index contributed by atoms with van der Waals surface area (Å²) in [5.41, 5.74) is 1.65. The van der Waals surface area contributed by atoms with Gasteiger partial charge in [0.2, 0.25) is 0 Å². The van der Waals surface area contributed by atoms with Crippen molar-refractivity contribution in [3.05, 3.63) is 33.8 Å². The minimum Gasteiger partial charge on any atom is -0.311 e. The molecule has 1 aliphatic carbocycles. The average molecular weight is 314 g/mol. The summed E-state index contributed by atoms with van der Waals surface area (Å²) in [7, 11) is 0. The summed E-state index contributed by atoms with van der Waals surface area (Å²) < 4.78 is 0. The molecule has 0 unspecified atom stereocenters. The van der Waals surface area contributed by atoms with Gasteiger partial charge in [0.05, 0.1) is 0 Å². The summed E-state index contributed by atoms with van der Waals surface area (Å²) in [6, 6.07) is 5.82. The molecule has 0 spiro atoms. The topological polar surface area (TPSA) is 12.0 Å². The van der Waals surface area contributed by atoms with Crippen molar-refractivity contribution in [3.8, 4) is 0 Å². The van der Waals surface area contributed by atoms with Crippen LogP contribution in [0.1, 0.15) is 53.0 Å². The highest BCUT2D eigenvalue weighted by Crippen LogP contribution is 2.57. The third-order valence-electron chi connectivity index (χ3n) is 4.08. The monoisotopic (exact) mass is 313 g/mol. The van der Waals surface area contributed by atoms with Gasteiger partial charge in [0.1, 0.15) is 0 Å². The Morgan fingerprint density at radius 3 is 2.00 bits per heavy atom. The lowest BCUT2D eigenvalue weighted by Crippen LogP contribution is -2.55. The molecule has 0 atom stereocenters. The Morgan fingerprint density at radius 1 is 1.10 bits per heavy atom. The Morgan fingerprint density at radius 2 is 1.60 bits per heavy atom. The third-order valence-corrected chi connectivity index (χ3v) is 4.71. The zero-order valence-corrected chi connectivity index (χ0v) is 14.6. The van der Waals surface area contributed by atoms with Crippen LogP contribution in [-0.2, 0) is 5.41 Å². The maximum absolute atomic E-state index is 6.46. The molecule has 1 aromatic rings. The SMILES string of the molecule is CC1(C)CC(CNC(C)(C)C)(c2c(Cl)cccc2Cl)C1. The van der Waals surface area contributed by atoms with Gasteiger partial charge in [-0.25, -0.2) is 0 Å². The molecule has 0 saturated heterocycles. The summed E-state index contributed by atoms with van der Waals surface area (Å²) in [6.07, 6.45) is 2.24. The zero-order chi connectivity index (χ0) is 15.2. The lowest BCUT2D eigenvalue weighted by molar-refractivity contribution is 0.0514. The molecule has 0 aliphatic heterocycles. The molecule has 3 heteroatoms. The van der Waals surface area contributed by atoms with E-state index in [-0.39, 0.29) is 11.0 Å². The van der Waals surface area contributed by atoms with Crippen LogP contribution in [0.25, 0.3) is 0 Å². The third kappa shape index (κ3) is 3.32. The first-order valence-electron chi connectivity index (χ1n) is 7.24. The van der Waals surface area contributed by atoms with Crippen molar-refractivity contribution < 1.29 is 0 Å². The van der Waals surface area contributed by atoms with Crippen LogP contribution < -0.4 is 5.32 Å². The second-order valence-electron chi connectivity index (χ2n) is 8.00. The average Bonchev–Trinajstić information content (AvgIpc) is 2.22. The van der Waals surface area contributed by atoms with Gasteiger partial charge in [0, 0.05) is 27.5 Å². The van der Waals surface area contributed by atoms with Gasteiger partial charge in [-0.05, 0) is 56.7 Å². The smallest absolute Gasteiger partial charge is 0.0459 e. The van der Waals surface area contributed by atoms with E-state index < -0.39 is 0 Å². The van der Waals surface area contributed by atoms with E-state index in [1.54, 1.807) is 0 Å². The van der Waals surface area contributed by atoms with Crippen molar-refractivity contribution in [3.63, 3.8) is 0 Å². The van der Waals surface area contributed by atoms with E-state index in [0.717, 1.165) is 35.0 Å². The van der Waals surface area contributed by atoms with Crippen LogP contribution in [0.15, 0.2) is 18.2 Å². The number of nitrogens with one attached hydrogen (secondary N) is 1. The van der Waals surface area contributed by atoms with Gasteiger partial charge in [-0.1, -0.05) is 43.1 Å². The fourth-order valence-electron chi connectivity index (χ4n) is 3.61. The van der Waals surface area contributed by atoms with Crippen LogP contribution >= 0.6 is 23.2 Å². The normalized spacial score (nSPS) is 20.6. The van der Waals surface area contributed by atoms with Crippen molar-refractivity contribution in [2.45, 2.75) is 58.4 Å². The lowest BCUT2D eigenvalue weighted by atomic mass is 9.51. The predicted molar refractivity (Wildman–Crippen MR) is 88.9 cm³/mol. The Hall–Kier alpha value is -0.240. The molecule has 112 valence electrons. The summed E-state index contributed by atoms with van der Waals surface area (Å²) >= 11 is 12.9. The first kappa shape index (κ1) is 16.1. The molecular weight excluding hydrogens is 289 g/mol. The van der Waals surface area contributed by atoms with Gasteiger partial charge in [0.15, 0.2) is 0 Å². The highest BCUT2D eigenvalue weighted by Gasteiger charge is 2.51.